The van der Waals surface area contributed by atoms with Gasteiger partial charge in [-0.1, -0.05) is 6.92 Å². The molecule has 0 heterocycles. The summed E-state index contributed by atoms with van der Waals surface area (Å²) in [5.41, 5.74) is 0. The van der Waals surface area contributed by atoms with Gasteiger partial charge in [-0.2, -0.15) is 13.2 Å². The molecule has 19 heavy (non-hydrogen) atoms. The maximum absolute atomic E-state index is 12.4. The zero-order valence-corrected chi connectivity index (χ0v) is 10.7. The van der Waals surface area contributed by atoms with Gasteiger partial charge in [0, 0.05) is 5.92 Å². The van der Waals surface area contributed by atoms with Gasteiger partial charge in [0.2, 0.25) is 5.91 Å². The molecule has 0 bridgehead atoms. The maximum atomic E-state index is 12.4. The quantitative estimate of drug-likeness (QED) is 0.860. The van der Waals surface area contributed by atoms with Gasteiger partial charge < -0.3 is 10.0 Å². The number of halogens is 3. The van der Waals surface area contributed by atoms with Crippen molar-refractivity contribution in [3.05, 3.63) is 0 Å². The molecule has 0 atom stereocenters. The van der Waals surface area contributed by atoms with Crippen molar-refractivity contribution in [2.75, 3.05) is 13.1 Å². The minimum absolute atomic E-state index is 0.406. The Hall–Kier alpha value is -1.27. The van der Waals surface area contributed by atoms with Gasteiger partial charge in [0.05, 0.1) is 0 Å². The summed E-state index contributed by atoms with van der Waals surface area (Å²) in [6, 6.07) is 0. The normalized spacial score (nSPS) is 24.0. The second-order valence-corrected chi connectivity index (χ2v) is 5.16. The predicted molar refractivity (Wildman–Crippen MR) is 61.4 cm³/mol. The molecule has 0 radical (unpaired) electrons. The number of carboxylic acids is 1. The molecule has 1 amide bonds. The molecule has 4 nitrogen and oxygen atoms in total. The zero-order valence-electron chi connectivity index (χ0n) is 10.7. The molecule has 0 aromatic heterocycles. The largest absolute Gasteiger partial charge is 0.480 e. The van der Waals surface area contributed by atoms with Crippen LogP contribution in [0, 0.1) is 11.8 Å². The van der Waals surface area contributed by atoms with Crippen LogP contribution >= 0.6 is 0 Å². The van der Waals surface area contributed by atoms with Crippen LogP contribution in [0.3, 0.4) is 0 Å². The van der Waals surface area contributed by atoms with Crippen molar-refractivity contribution >= 4 is 11.9 Å². The fourth-order valence-corrected chi connectivity index (χ4v) is 2.36. The topological polar surface area (TPSA) is 57.6 Å². The average molecular weight is 281 g/mol. The summed E-state index contributed by atoms with van der Waals surface area (Å²) < 4.78 is 37.1. The molecule has 1 aliphatic rings. The molecule has 1 aliphatic carbocycles. The number of rotatable bonds is 4. The number of carbonyl (C=O) groups is 2. The molecule has 0 aromatic carbocycles. The number of alkyl halides is 3. The first-order valence-corrected chi connectivity index (χ1v) is 6.26. The van der Waals surface area contributed by atoms with Crippen LogP contribution in [-0.4, -0.2) is 41.1 Å². The van der Waals surface area contributed by atoms with Crippen molar-refractivity contribution in [2.24, 2.45) is 11.8 Å². The van der Waals surface area contributed by atoms with Crippen LogP contribution in [0.5, 0.6) is 0 Å². The fraction of sp³-hybridized carbons (Fsp3) is 0.833. The van der Waals surface area contributed by atoms with E-state index in [1.165, 1.54) is 0 Å². The van der Waals surface area contributed by atoms with Gasteiger partial charge in [0.15, 0.2) is 0 Å². The Morgan fingerprint density at radius 1 is 1.21 bits per heavy atom. The number of nitrogens with zero attached hydrogens (tertiary/aromatic N) is 1. The lowest BCUT2D eigenvalue weighted by atomic mass is 9.82. The molecule has 0 unspecified atom stereocenters. The molecule has 1 saturated carbocycles. The van der Waals surface area contributed by atoms with Crippen molar-refractivity contribution in [3.8, 4) is 0 Å². The van der Waals surface area contributed by atoms with Gasteiger partial charge in [0.1, 0.15) is 13.1 Å². The summed E-state index contributed by atoms with van der Waals surface area (Å²) >= 11 is 0. The SMILES string of the molecule is CC1CCC(C(=O)N(CC(=O)O)CC(F)(F)F)CC1. The Kier molecular flexibility index (Phi) is 5.20. The Morgan fingerprint density at radius 3 is 2.16 bits per heavy atom. The van der Waals surface area contributed by atoms with Gasteiger partial charge in [-0.3, -0.25) is 9.59 Å². The first-order valence-electron chi connectivity index (χ1n) is 6.26. The van der Waals surface area contributed by atoms with Crippen LogP contribution in [0.4, 0.5) is 13.2 Å². The van der Waals surface area contributed by atoms with E-state index in [1.807, 2.05) is 6.92 Å². The second-order valence-electron chi connectivity index (χ2n) is 5.16. The molecule has 110 valence electrons. The molecule has 1 rings (SSSR count). The lowest BCUT2D eigenvalue weighted by Crippen LogP contribution is -2.45. The molecule has 0 saturated heterocycles. The van der Waals surface area contributed by atoms with E-state index in [0.717, 1.165) is 12.8 Å². The third kappa shape index (κ3) is 5.48. The van der Waals surface area contributed by atoms with Crippen molar-refractivity contribution in [1.29, 1.82) is 0 Å². The van der Waals surface area contributed by atoms with Crippen LogP contribution in [0.1, 0.15) is 32.6 Å². The standard InChI is InChI=1S/C12H18F3NO3/c1-8-2-4-9(5-3-8)11(19)16(6-10(17)18)7-12(13,14)15/h8-9H,2-7H2,1H3,(H,17,18). The molecule has 0 aliphatic heterocycles. The second kappa shape index (κ2) is 6.25. The number of hydrogen-bond donors (Lipinski definition) is 1. The highest BCUT2D eigenvalue weighted by Crippen LogP contribution is 2.30. The average Bonchev–Trinajstić information content (AvgIpc) is 2.25. The maximum Gasteiger partial charge on any atom is 0.406 e. The number of carboxylic acid groups (broad SMARTS) is 1. The van der Waals surface area contributed by atoms with E-state index in [2.05, 4.69) is 0 Å². The lowest BCUT2D eigenvalue weighted by molar-refractivity contribution is -0.168. The Labute approximate surface area is 109 Å². The minimum Gasteiger partial charge on any atom is -0.480 e. The van der Waals surface area contributed by atoms with E-state index in [0.29, 0.717) is 23.7 Å². The summed E-state index contributed by atoms with van der Waals surface area (Å²) in [5, 5.41) is 8.61. The Morgan fingerprint density at radius 2 is 1.74 bits per heavy atom. The highest BCUT2D eigenvalue weighted by atomic mass is 19.4. The Bertz CT molecular complexity index is 336. The Balaban J connectivity index is 2.68. The molecule has 0 spiro atoms. The van der Waals surface area contributed by atoms with Crippen molar-refractivity contribution in [1.82, 2.24) is 4.90 Å². The zero-order chi connectivity index (χ0) is 14.6. The van der Waals surface area contributed by atoms with Gasteiger partial charge in [-0.25, -0.2) is 0 Å². The fourth-order valence-electron chi connectivity index (χ4n) is 2.36. The highest BCUT2D eigenvalue weighted by Gasteiger charge is 2.37. The number of aliphatic carboxylic acids is 1. The molecule has 1 fully saturated rings. The monoisotopic (exact) mass is 281 g/mol. The molecule has 7 heteroatoms. The molecule has 0 aromatic rings. The van der Waals surface area contributed by atoms with Crippen LogP contribution < -0.4 is 0 Å². The third-order valence-electron chi connectivity index (χ3n) is 3.37. The van der Waals surface area contributed by atoms with Gasteiger partial charge in [-0.15, -0.1) is 0 Å². The summed E-state index contributed by atoms with van der Waals surface area (Å²) in [5.74, 6) is -2.12. The van der Waals surface area contributed by atoms with Gasteiger partial charge in [-0.05, 0) is 31.6 Å². The van der Waals surface area contributed by atoms with Crippen LogP contribution in [0.2, 0.25) is 0 Å². The molecular formula is C12H18F3NO3. The molecule has 1 N–H and O–H groups in total. The van der Waals surface area contributed by atoms with E-state index in [1.54, 1.807) is 0 Å². The van der Waals surface area contributed by atoms with Crippen molar-refractivity contribution in [3.63, 3.8) is 0 Å². The number of amides is 1. The first-order chi connectivity index (χ1) is 8.69. The molecular weight excluding hydrogens is 263 g/mol. The van der Waals surface area contributed by atoms with Crippen molar-refractivity contribution in [2.45, 2.75) is 38.8 Å². The van der Waals surface area contributed by atoms with Crippen molar-refractivity contribution < 1.29 is 27.9 Å². The summed E-state index contributed by atoms with van der Waals surface area (Å²) in [6.45, 7) is -0.361. The van der Waals surface area contributed by atoms with Crippen LogP contribution in [-0.2, 0) is 9.59 Å². The van der Waals surface area contributed by atoms with Gasteiger partial charge in [0.25, 0.3) is 0 Å². The van der Waals surface area contributed by atoms with E-state index < -0.39 is 37.1 Å². The smallest absolute Gasteiger partial charge is 0.406 e. The number of hydrogen-bond acceptors (Lipinski definition) is 2. The third-order valence-corrected chi connectivity index (χ3v) is 3.37. The van der Waals surface area contributed by atoms with Crippen LogP contribution in [0.25, 0.3) is 0 Å². The van der Waals surface area contributed by atoms with Gasteiger partial charge >= 0.3 is 12.1 Å². The minimum atomic E-state index is -4.58. The summed E-state index contributed by atoms with van der Waals surface area (Å²) in [7, 11) is 0. The lowest BCUT2D eigenvalue weighted by Gasteiger charge is -2.30. The number of carbonyl (C=O) groups excluding carboxylic acids is 1. The van der Waals surface area contributed by atoms with E-state index in [9.17, 15) is 22.8 Å². The first kappa shape index (κ1) is 15.8. The van der Waals surface area contributed by atoms with Crippen LogP contribution in [0.15, 0.2) is 0 Å². The van der Waals surface area contributed by atoms with E-state index in [4.69, 9.17) is 5.11 Å². The van der Waals surface area contributed by atoms with E-state index >= 15 is 0 Å². The highest BCUT2D eigenvalue weighted by molar-refractivity contribution is 5.83. The summed E-state index contributed by atoms with van der Waals surface area (Å²) in [4.78, 5) is 23.0. The van der Waals surface area contributed by atoms with E-state index in [-0.39, 0.29) is 0 Å². The summed E-state index contributed by atoms with van der Waals surface area (Å²) in [6.07, 6.45) is -1.91. The predicted octanol–water partition coefficient (Wildman–Crippen LogP) is 2.29.